The number of rotatable bonds is 1. The summed E-state index contributed by atoms with van der Waals surface area (Å²) in [7, 11) is 1.93. The fourth-order valence-electron chi connectivity index (χ4n) is 4.85. The molecule has 0 spiro atoms. The van der Waals surface area contributed by atoms with E-state index >= 15 is 0 Å². The fourth-order valence-corrected chi connectivity index (χ4v) is 4.85. The molecule has 2 aromatic carbocycles. The van der Waals surface area contributed by atoms with Gasteiger partial charge in [0.15, 0.2) is 0 Å². The molecule has 2 bridgehead atoms. The van der Waals surface area contributed by atoms with E-state index in [1.807, 2.05) is 24.1 Å². The Morgan fingerprint density at radius 3 is 2.72 bits per heavy atom. The van der Waals surface area contributed by atoms with Crippen molar-refractivity contribution in [3.05, 3.63) is 65.0 Å². The number of carbonyl (C=O) groups excluding carboxylic acids is 1. The van der Waals surface area contributed by atoms with Gasteiger partial charge >= 0.3 is 0 Å². The van der Waals surface area contributed by atoms with Crippen LogP contribution in [0, 0.1) is 0 Å². The number of hydrogen-bond acceptors (Lipinski definition) is 2. The predicted molar refractivity (Wildman–Crippen MR) is 95.7 cm³/mol. The Hall–Kier alpha value is -2.62. The molecule has 2 atom stereocenters. The van der Waals surface area contributed by atoms with Gasteiger partial charge in [-0.3, -0.25) is 4.79 Å². The van der Waals surface area contributed by atoms with E-state index in [2.05, 4.69) is 34.9 Å². The minimum absolute atomic E-state index is 0.0596. The van der Waals surface area contributed by atoms with Crippen LogP contribution in [0.2, 0.25) is 0 Å². The maximum atomic E-state index is 13.1. The highest BCUT2D eigenvalue weighted by molar-refractivity contribution is 5.97. The maximum Gasteiger partial charge on any atom is 0.254 e. The number of nitrogens with zero attached hydrogens (tertiary/aromatic N) is 3. The summed E-state index contributed by atoms with van der Waals surface area (Å²) < 4.78 is 2.40. The van der Waals surface area contributed by atoms with Crippen molar-refractivity contribution < 1.29 is 4.79 Å². The van der Waals surface area contributed by atoms with Gasteiger partial charge in [-0.05, 0) is 48.1 Å². The van der Waals surface area contributed by atoms with Gasteiger partial charge in [0, 0.05) is 19.0 Å². The normalized spacial score (nSPS) is 24.4. The SMILES string of the molecule is CN1C(=O)c2cccc(C3CC3)c2C2CC1c1nc3ccccc3n12. The minimum atomic E-state index is 0.0596. The summed E-state index contributed by atoms with van der Waals surface area (Å²) in [5.74, 6) is 1.81. The molecular weight excluding hydrogens is 310 g/mol. The Balaban J connectivity index is 1.70. The summed E-state index contributed by atoms with van der Waals surface area (Å²) in [6.45, 7) is 0. The van der Waals surface area contributed by atoms with Gasteiger partial charge in [0.1, 0.15) is 5.82 Å². The molecule has 0 radical (unpaired) electrons. The summed E-state index contributed by atoms with van der Waals surface area (Å²) in [5.41, 5.74) is 5.74. The molecule has 1 amide bonds. The zero-order valence-corrected chi connectivity index (χ0v) is 14.1. The molecule has 4 nitrogen and oxygen atoms in total. The first kappa shape index (κ1) is 13.6. The van der Waals surface area contributed by atoms with Crippen molar-refractivity contribution in [1.82, 2.24) is 14.5 Å². The molecule has 3 aliphatic rings. The third-order valence-corrected chi connectivity index (χ3v) is 6.19. The molecule has 2 aliphatic heterocycles. The molecule has 4 heteroatoms. The van der Waals surface area contributed by atoms with E-state index in [-0.39, 0.29) is 18.0 Å². The van der Waals surface area contributed by atoms with Gasteiger partial charge in [0.2, 0.25) is 0 Å². The fraction of sp³-hybridized carbons (Fsp3) is 0.333. The molecule has 1 saturated carbocycles. The summed E-state index contributed by atoms with van der Waals surface area (Å²) in [6, 6.07) is 14.9. The van der Waals surface area contributed by atoms with Gasteiger partial charge in [-0.2, -0.15) is 0 Å². The maximum absolute atomic E-state index is 13.1. The van der Waals surface area contributed by atoms with Gasteiger partial charge in [-0.1, -0.05) is 24.3 Å². The van der Waals surface area contributed by atoms with E-state index in [9.17, 15) is 4.79 Å². The molecule has 0 saturated heterocycles. The second-order valence-electron chi connectivity index (χ2n) is 7.59. The number of benzene rings is 2. The van der Waals surface area contributed by atoms with Crippen LogP contribution in [0.3, 0.4) is 0 Å². The van der Waals surface area contributed by atoms with Crippen LogP contribution in [-0.4, -0.2) is 27.4 Å². The van der Waals surface area contributed by atoms with Gasteiger partial charge in [-0.25, -0.2) is 4.98 Å². The molecule has 3 heterocycles. The molecular formula is C21H19N3O. The van der Waals surface area contributed by atoms with Crippen molar-refractivity contribution in [3.63, 3.8) is 0 Å². The quantitative estimate of drug-likeness (QED) is 0.676. The highest BCUT2D eigenvalue weighted by Crippen LogP contribution is 2.52. The van der Waals surface area contributed by atoms with Crippen molar-refractivity contribution in [1.29, 1.82) is 0 Å². The molecule has 2 unspecified atom stereocenters. The highest BCUT2D eigenvalue weighted by Gasteiger charge is 2.45. The van der Waals surface area contributed by atoms with E-state index < -0.39 is 0 Å². The second kappa shape index (κ2) is 4.51. The third kappa shape index (κ3) is 1.67. The Bertz CT molecular complexity index is 1050. The average Bonchev–Trinajstić information content (AvgIpc) is 3.34. The Labute approximate surface area is 146 Å². The predicted octanol–water partition coefficient (Wildman–Crippen LogP) is 4.03. The van der Waals surface area contributed by atoms with E-state index in [0.717, 1.165) is 23.3 Å². The van der Waals surface area contributed by atoms with E-state index in [1.165, 1.54) is 29.5 Å². The number of imidazole rings is 1. The van der Waals surface area contributed by atoms with Crippen LogP contribution >= 0.6 is 0 Å². The van der Waals surface area contributed by atoms with Gasteiger partial charge in [0.05, 0.1) is 23.1 Å². The van der Waals surface area contributed by atoms with Crippen LogP contribution in [-0.2, 0) is 0 Å². The van der Waals surface area contributed by atoms with Crippen molar-refractivity contribution >= 4 is 16.9 Å². The van der Waals surface area contributed by atoms with Crippen LogP contribution in [0.4, 0.5) is 0 Å². The first-order valence-electron chi connectivity index (χ1n) is 9.11. The summed E-state index contributed by atoms with van der Waals surface area (Å²) in [4.78, 5) is 19.9. The summed E-state index contributed by atoms with van der Waals surface area (Å²) in [6.07, 6.45) is 3.43. The standard InChI is InChI=1S/C21H19N3O/c1-23-18-11-17(24-16-8-3-2-7-15(16)22-20(18)24)19-13(12-9-10-12)5-4-6-14(19)21(23)25/h2-8,12,17-18H,9-11H2,1H3. The number of aromatic nitrogens is 2. The lowest BCUT2D eigenvalue weighted by Crippen LogP contribution is -2.30. The van der Waals surface area contributed by atoms with Crippen LogP contribution in [0.5, 0.6) is 0 Å². The average molecular weight is 329 g/mol. The number of para-hydroxylation sites is 2. The first-order valence-corrected chi connectivity index (χ1v) is 9.11. The molecule has 3 aromatic rings. The number of fused-ring (bicyclic) bond motifs is 9. The number of hydrogen-bond donors (Lipinski definition) is 0. The number of carbonyl (C=O) groups is 1. The van der Waals surface area contributed by atoms with Gasteiger partial charge in [-0.15, -0.1) is 0 Å². The monoisotopic (exact) mass is 329 g/mol. The largest absolute Gasteiger partial charge is 0.331 e. The smallest absolute Gasteiger partial charge is 0.254 e. The van der Waals surface area contributed by atoms with Crippen LogP contribution in [0.1, 0.15) is 64.6 Å². The minimum Gasteiger partial charge on any atom is -0.331 e. The molecule has 1 aliphatic carbocycles. The van der Waals surface area contributed by atoms with E-state index in [0.29, 0.717) is 5.92 Å². The van der Waals surface area contributed by atoms with Crippen molar-refractivity contribution in [3.8, 4) is 0 Å². The molecule has 124 valence electrons. The molecule has 25 heavy (non-hydrogen) atoms. The molecule has 1 fully saturated rings. The first-order chi connectivity index (χ1) is 12.2. The zero-order valence-electron chi connectivity index (χ0n) is 14.1. The second-order valence-corrected chi connectivity index (χ2v) is 7.59. The van der Waals surface area contributed by atoms with E-state index in [1.54, 1.807) is 0 Å². The van der Waals surface area contributed by atoms with Gasteiger partial charge in [0.25, 0.3) is 5.91 Å². The van der Waals surface area contributed by atoms with E-state index in [4.69, 9.17) is 4.98 Å². The summed E-state index contributed by atoms with van der Waals surface area (Å²) in [5, 5.41) is 0. The molecule has 1 aromatic heterocycles. The Kier molecular flexibility index (Phi) is 2.46. The third-order valence-electron chi connectivity index (χ3n) is 6.19. The topological polar surface area (TPSA) is 38.1 Å². The Morgan fingerprint density at radius 2 is 1.88 bits per heavy atom. The number of amides is 1. The summed E-state index contributed by atoms with van der Waals surface area (Å²) >= 11 is 0. The Morgan fingerprint density at radius 1 is 1.04 bits per heavy atom. The van der Waals surface area contributed by atoms with Crippen molar-refractivity contribution in [2.24, 2.45) is 0 Å². The van der Waals surface area contributed by atoms with Gasteiger partial charge < -0.3 is 9.47 Å². The molecule has 0 N–H and O–H groups in total. The van der Waals surface area contributed by atoms with Crippen LogP contribution in [0.15, 0.2) is 42.5 Å². The molecule has 6 rings (SSSR count). The lowest BCUT2D eigenvalue weighted by Gasteiger charge is -2.25. The highest BCUT2D eigenvalue weighted by atomic mass is 16.2. The lowest BCUT2D eigenvalue weighted by atomic mass is 9.91. The van der Waals surface area contributed by atoms with Crippen molar-refractivity contribution in [2.75, 3.05) is 7.05 Å². The van der Waals surface area contributed by atoms with Crippen LogP contribution < -0.4 is 0 Å². The lowest BCUT2D eigenvalue weighted by molar-refractivity contribution is 0.0734. The van der Waals surface area contributed by atoms with Crippen molar-refractivity contribution in [2.45, 2.75) is 37.3 Å². The van der Waals surface area contributed by atoms with Crippen LogP contribution in [0.25, 0.3) is 11.0 Å². The zero-order chi connectivity index (χ0) is 16.7.